The summed E-state index contributed by atoms with van der Waals surface area (Å²) in [6, 6.07) is 11.0. The quantitative estimate of drug-likeness (QED) is 0.898. The number of anilines is 1. The van der Waals surface area contributed by atoms with Crippen molar-refractivity contribution in [3.63, 3.8) is 0 Å². The number of hydrogen-bond donors (Lipinski definition) is 1. The van der Waals surface area contributed by atoms with E-state index in [0.717, 1.165) is 0 Å². The predicted octanol–water partition coefficient (Wildman–Crippen LogP) is 4.31. The molecule has 0 spiro atoms. The Morgan fingerprint density at radius 3 is 2.32 bits per heavy atom. The van der Waals surface area contributed by atoms with Crippen LogP contribution in [0.4, 0.5) is 10.1 Å². The fraction of sp³-hybridized carbons (Fsp3) is 0.0714. The Hall–Kier alpha value is -1.58. The van der Waals surface area contributed by atoms with E-state index in [4.69, 9.17) is 23.2 Å². The fourth-order valence-corrected chi connectivity index (χ4v) is 2.15. The number of rotatable bonds is 3. The number of amides is 1. The van der Waals surface area contributed by atoms with Gasteiger partial charge < -0.3 is 5.32 Å². The maximum absolute atomic E-state index is 13.4. The molecule has 1 amide bonds. The molecular weight excluding hydrogens is 288 g/mol. The smallest absolute Gasteiger partial charge is 0.228 e. The average molecular weight is 298 g/mol. The summed E-state index contributed by atoms with van der Waals surface area (Å²) in [5.74, 6) is -0.860. The first-order chi connectivity index (χ1) is 9.08. The van der Waals surface area contributed by atoms with E-state index in [1.54, 1.807) is 30.3 Å². The Labute approximate surface area is 120 Å². The Bertz CT molecular complexity index is 596. The molecular formula is C14H10Cl2FNO. The van der Waals surface area contributed by atoms with Crippen molar-refractivity contribution in [2.45, 2.75) is 6.42 Å². The first-order valence-electron chi connectivity index (χ1n) is 5.55. The third-order valence-electron chi connectivity index (χ3n) is 2.55. The van der Waals surface area contributed by atoms with Crippen molar-refractivity contribution in [2.24, 2.45) is 0 Å². The van der Waals surface area contributed by atoms with Crippen LogP contribution in [0.5, 0.6) is 0 Å². The molecule has 0 unspecified atom stereocenters. The number of carbonyl (C=O) groups is 1. The van der Waals surface area contributed by atoms with Gasteiger partial charge in [-0.05, 0) is 29.8 Å². The van der Waals surface area contributed by atoms with Crippen LogP contribution in [0.25, 0.3) is 0 Å². The summed E-state index contributed by atoms with van der Waals surface area (Å²) in [5, 5.41) is 3.31. The highest BCUT2D eigenvalue weighted by molar-refractivity contribution is 6.36. The summed E-state index contributed by atoms with van der Waals surface area (Å²) in [4.78, 5) is 11.8. The Morgan fingerprint density at radius 2 is 1.68 bits per heavy atom. The van der Waals surface area contributed by atoms with E-state index in [0.29, 0.717) is 15.6 Å². The van der Waals surface area contributed by atoms with Crippen LogP contribution < -0.4 is 5.32 Å². The molecule has 0 aliphatic carbocycles. The molecule has 98 valence electrons. The zero-order valence-electron chi connectivity index (χ0n) is 9.79. The van der Waals surface area contributed by atoms with Crippen LogP contribution in [0.1, 0.15) is 5.56 Å². The van der Waals surface area contributed by atoms with E-state index in [2.05, 4.69) is 5.32 Å². The normalized spacial score (nSPS) is 10.3. The minimum absolute atomic E-state index is 0.00710. The molecule has 2 nitrogen and oxygen atoms in total. The van der Waals surface area contributed by atoms with Gasteiger partial charge in [0.15, 0.2) is 0 Å². The summed E-state index contributed by atoms with van der Waals surface area (Å²) in [7, 11) is 0. The van der Waals surface area contributed by atoms with Gasteiger partial charge in [0.05, 0.1) is 12.1 Å². The van der Waals surface area contributed by atoms with Crippen molar-refractivity contribution in [1.82, 2.24) is 0 Å². The Morgan fingerprint density at radius 1 is 1.05 bits per heavy atom. The van der Waals surface area contributed by atoms with Gasteiger partial charge in [0.25, 0.3) is 0 Å². The van der Waals surface area contributed by atoms with Crippen LogP contribution in [0.2, 0.25) is 10.0 Å². The second kappa shape index (κ2) is 6.04. The number of benzene rings is 2. The van der Waals surface area contributed by atoms with Gasteiger partial charge in [-0.1, -0.05) is 41.4 Å². The van der Waals surface area contributed by atoms with Crippen LogP contribution in [-0.2, 0) is 11.2 Å². The molecule has 0 radical (unpaired) electrons. The third kappa shape index (κ3) is 3.46. The summed E-state index contributed by atoms with van der Waals surface area (Å²) in [6.07, 6.45) is -0.00710. The molecule has 0 aliphatic heterocycles. The summed E-state index contributed by atoms with van der Waals surface area (Å²) >= 11 is 11.9. The summed E-state index contributed by atoms with van der Waals surface area (Å²) in [5.41, 5.74) is 0.662. The lowest BCUT2D eigenvalue weighted by Crippen LogP contribution is -2.15. The minimum atomic E-state index is -0.485. The van der Waals surface area contributed by atoms with Crippen molar-refractivity contribution >= 4 is 34.8 Å². The first kappa shape index (κ1) is 13.8. The van der Waals surface area contributed by atoms with Gasteiger partial charge in [-0.15, -0.1) is 0 Å². The molecule has 0 saturated carbocycles. The van der Waals surface area contributed by atoms with Crippen molar-refractivity contribution < 1.29 is 9.18 Å². The average Bonchev–Trinajstić information content (AvgIpc) is 2.37. The SMILES string of the molecule is O=C(Cc1c(Cl)cccc1Cl)Nc1ccccc1F. The molecule has 2 rings (SSSR count). The highest BCUT2D eigenvalue weighted by Gasteiger charge is 2.12. The van der Waals surface area contributed by atoms with Gasteiger partial charge in [-0.25, -0.2) is 4.39 Å². The zero-order valence-corrected chi connectivity index (χ0v) is 11.3. The maximum atomic E-state index is 13.4. The van der Waals surface area contributed by atoms with E-state index in [1.807, 2.05) is 0 Å². The van der Waals surface area contributed by atoms with Crippen LogP contribution in [0, 0.1) is 5.82 Å². The van der Waals surface area contributed by atoms with E-state index >= 15 is 0 Å². The molecule has 0 saturated heterocycles. The van der Waals surface area contributed by atoms with Crippen molar-refractivity contribution in [2.75, 3.05) is 5.32 Å². The van der Waals surface area contributed by atoms with Crippen LogP contribution in [0.3, 0.4) is 0 Å². The van der Waals surface area contributed by atoms with Crippen LogP contribution >= 0.6 is 23.2 Å². The number of hydrogen-bond acceptors (Lipinski definition) is 1. The Kier molecular flexibility index (Phi) is 4.40. The Balaban J connectivity index is 2.12. The summed E-state index contributed by atoms with van der Waals surface area (Å²) < 4.78 is 13.4. The lowest BCUT2D eigenvalue weighted by Gasteiger charge is -2.08. The van der Waals surface area contributed by atoms with Crippen molar-refractivity contribution in [1.29, 1.82) is 0 Å². The molecule has 0 atom stereocenters. The van der Waals surface area contributed by atoms with E-state index in [9.17, 15) is 9.18 Å². The summed E-state index contributed by atoms with van der Waals surface area (Å²) in [6.45, 7) is 0. The largest absolute Gasteiger partial charge is 0.323 e. The van der Waals surface area contributed by atoms with Crippen molar-refractivity contribution in [3.8, 4) is 0 Å². The second-order valence-corrected chi connectivity index (χ2v) is 4.72. The van der Waals surface area contributed by atoms with Crippen molar-refractivity contribution in [3.05, 3.63) is 63.9 Å². The zero-order chi connectivity index (χ0) is 13.8. The van der Waals surface area contributed by atoms with Crippen LogP contribution in [-0.4, -0.2) is 5.91 Å². The highest BCUT2D eigenvalue weighted by Crippen LogP contribution is 2.25. The molecule has 0 bridgehead atoms. The molecule has 0 heterocycles. The molecule has 2 aromatic carbocycles. The fourth-order valence-electron chi connectivity index (χ4n) is 1.62. The van der Waals surface area contributed by atoms with Gasteiger partial charge in [0, 0.05) is 10.0 Å². The molecule has 0 aliphatic rings. The molecule has 0 aromatic heterocycles. The highest BCUT2D eigenvalue weighted by atomic mass is 35.5. The van der Waals surface area contributed by atoms with Gasteiger partial charge in [-0.2, -0.15) is 0 Å². The van der Waals surface area contributed by atoms with Crippen LogP contribution in [0.15, 0.2) is 42.5 Å². The van der Waals surface area contributed by atoms with E-state index in [-0.39, 0.29) is 18.0 Å². The first-order valence-corrected chi connectivity index (χ1v) is 6.31. The number of halogens is 3. The van der Waals surface area contributed by atoms with E-state index in [1.165, 1.54) is 12.1 Å². The molecule has 19 heavy (non-hydrogen) atoms. The van der Waals surface area contributed by atoms with Gasteiger partial charge in [0.2, 0.25) is 5.91 Å². The van der Waals surface area contributed by atoms with Gasteiger partial charge >= 0.3 is 0 Å². The van der Waals surface area contributed by atoms with Gasteiger partial charge in [0.1, 0.15) is 5.82 Å². The number of carbonyl (C=O) groups excluding carboxylic acids is 1. The van der Waals surface area contributed by atoms with E-state index < -0.39 is 5.82 Å². The predicted molar refractivity (Wildman–Crippen MR) is 75.2 cm³/mol. The molecule has 0 fully saturated rings. The molecule has 5 heteroatoms. The lowest BCUT2D eigenvalue weighted by molar-refractivity contribution is -0.115. The molecule has 1 N–H and O–H groups in total. The number of para-hydroxylation sites is 1. The number of nitrogens with one attached hydrogen (secondary N) is 1. The topological polar surface area (TPSA) is 29.1 Å². The monoisotopic (exact) mass is 297 g/mol. The second-order valence-electron chi connectivity index (χ2n) is 3.91. The van der Waals surface area contributed by atoms with Gasteiger partial charge in [-0.3, -0.25) is 4.79 Å². The molecule has 2 aromatic rings. The lowest BCUT2D eigenvalue weighted by atomic mass is 10.1. The third-order valence-corrected chi connectivity index (χ3v) is 3.26. The standard InChI is InChI=1S/C14H10Cl2FNO/c15-10-4-3-5-11(16)9(10)8-14(19)18-13-7-2-1-6-12(13)17/h1-7H,8H2,(H,18,19). The minimum Gasteiger partial charge on any atom is -0.323 e. The maximum Gasteiger partial charge on any atom is 0.228 e.